The lowest BCUT2D eigenvalue weighted by Crippen LogP contribution is -2.45. The number of benzene rings is 1. The largest absolute Gasteiger partial charge is 0.396 e. The van der Waals surface area contributed by atoms with E-state index in [0.29, 0.717) is 16.7 Å². The topological polar surface area (TPSA) is 49.3 Å². The lowest BCUT2D eigenvalue weighted by molar-refractivity contribution is -0.120. The van der Waals surface area contributed by atoms with Gasteiger partial charge in [0.2, 0.25) is 5.91 Å². The quantitative estimate of drug-likeness (QED) is 0.817. The Labute approximate surface area is 132 Å². The number of aliphatic hydroxyl groups is 1. The van der Waals surface area contributed by atoms with E-state index in [0.717, 1.165) is 31.4 Å². The van der Waals surface area contributed by atoms with Crippen molar-refractivity contribution < 1.29 is 18.7 Å². The van der Waals surface area contributed by atoms with E-state index in [-0.39, 0.29) is 30.2 Å². The predicted molar refractivity (Wildman–Crippen MR) is 80.4 cm³/mol. The number of amides is 1. The summed E-state index contributed by atoms with van der Waals surface area (Å²) in [6.45, 7) is 0.114. The summed E-state index contributed by atoms with van der Waals surface area (Å²) in [5.74, 6) is -0.586. The highest BCUT2D eigenvalue weighted by Gasteiger charge is 2.47. The smallest absolute Gasteiger partial charge is 0.230 e. The SMILES string of the molecule is O=C(CSc1ccc(F)c(F)c1)NC1C2CCC(C2)C1CO. The second-order valence-electron chi connectivity index (χ2n) is 6.14. The van der Waals surface area contributed by atoms with Gasteiger partial charge in [0.25, 0.3) is 0 Å². The van der Waals surface area contributed by atoms with Gasteiger partial charge in [-0.05, 0) is 49.3 Å². The van der Waals surface area contributed by atoms with Crippen molar-refractivity contribution in [3.8, 4) is 0 Å². The fraction of sp³-hybridized carbons (Fsp3) is 0.562. The number of rotatable bonds is 5. The number of thioether (sulfide) groups is 1. The van der Waals surface area contributed by atoms with E-state index < -0.39 is 11.6 Å². The van der Waals surface area contributed by atoms with E-state index in [4.69, 9.17) is 0 Å². The third-order valence-electron chi connectivity index (χ3n) is 4.89. The maximum absolute atomic E-state index is 13.1. The third-order valence-corrected chi connectivity index (χ3v) is 5.88. The highest BCUT2D eigenvalue weighted by molar-refractivity contribution is 8.00. The minimum Gasteiger partial charge on any atom is -0.396 e. The van der Waals surface area contributed by atoms with Crippen LogP contribution in [0.15, 0.2) is 23.1 Å². The summed E-state index contributed by atoms with van der Waals surface area (Å²) in [6, 6.07) is 3.68. The van der Waals surface area contributed by atoms with Crippen molar-refractivity contribution in [3.05, 3.63) is 29.8 Å². The molecule has 22 heavy (non-hydrogen) atoms. The van der Waals surface area contributed by atoms with Gasteiger partial charge < -0.3 is 10.4 Å². The Morgan fingerprint density at radius 3 is 2.77 bits per heavy atom. The standard InChI is InChI=1S/C16H19F2NO2S/c17-13-4-3-11(6-14(13)18)22-8-15(21)19-16-10-2-1-9(5-10)12(16)7-20/h3-4,6,9-10,12,16,20H,1-2,5,7-8H2,(H,19,21). The minimum atomic E-state index is -0.904. The number of hydrogen-bond acceptors (Lipinski definition) is 3. The molecule has 0 saturated heterocycles. The molecule has 2 bridgehead atoms. The average molecular weight is 327 g/mol. The van der Waals surface area contributed by atoms with Crippen LogP contribution in [0, 0.1) is 29.4 Å². The van der Waals surface area contributed by atoms with Crippen LogP contribution in [0.5, 0.6) is 0 Å². The summed E-state index contributed by atoms with van der Waals surface area (Å²) >= 11 is 1.18. The molecule has 1 aromatic rings. The van der Waals surface area contributed by atoms with Crippen LogP contribution >= 0.6 is 11.8 Å². The first-order valence-corrected chi connectivity index (χ1v) is 8.55. The molecule has 2 N–H and O–H groups in total. The Kier molecular flexibility index (Phi) is 4.68. The summed E-state index contributed by atoms with van der Waals surface area (Å²) < 4.78 is 26.0. The number of aliphatic hydroxyl groups excluding tert-OH is 1. The number of nitrogens with one attached hydrogen (secondary N) is 1. The van der Waals surface area contributed by atoms with E-state index in [2.05, 4.69) is 5.32 Å². The molecular formula is C16H19F2NO2S. The zero-order chi connectivity index (χ0) is 15.7. The van der Waals surface area contributed by atoms with Crippen LogP contribution in [0.25, 0.3) is 0 Å². The van der Waals surface area contributed by atoms with Crippen molar-refractivity contribution in [2.24, 2.45) is 17.8 Å². The fourth-order valence-electron chi connectivity index (χ4n) is 3.84. The number of carbonyl (C=O) groups is 1. The number of hydrogen-bond donors (Lipinski definition) is 2. The van der Waals surface area contributed by atoms with Crippen molar-refractivity contribution in [1.82, 2.24) is 5.32 Å². The lowest BCUT2D eigenvalue weighted by Gasteiger charge is -2.30. The molecular weight excluding hydrogens is 308 g/mol. The Morgan fingerprint density at radius 1 is 1.27 bits per heavy atom. The van der Waals surface area contributed by atoms with Crippen molar-refractivity contribution in [2.45, 2.75) is 30.2 Å². The molecule has 0 radical (unpaired) electrons. The number of halogens is 2. The normalized spacial score (nSPS) is 29.8. The van der Waals surface area contributed by atoms with Gasteiger partial charge in [0.1, 0.15) is 0 Å². The molecule has 2 aliphatic rings. The van der Waals surface area contributed by atoms with Crippen LogP contribution in [0.1, 0.15) is 19.3 Å². The third kappa shape index (κ3) is 3.13. The van der Waals surface area contributed by atoms with Crippen LogP contribution in [0.2, 0.25) is 0 Å². The molecule has 3 rings (SSSR count). The molecule has 4 unspecified atom stereocenters. The minimum absolute atomic E-state index is 0.0572. The molecule has 0 aliphatic heterocycles. The highest BCUT2D eigenvalue weighted by Crippen LogP contribution is 2.48. The summed E-state index contributed by atoms with van der Waals surface area (Å²) in [5.41, 5.74) is 0. The maximum atomic E-state index is 13.1. The molecule has 1 aromatic carbocycles. The molecule has 0 heterocycles. The van der Waals surface area contributed by atoms with E-state index in [1.807, 2.05) is 0 Å². The molecule has 1 amide bonds. The van der Waals surface area contributed by atoms with Gasteiger partial charge in [-0.3, -0.25) is 4.79 Å². The Bertz CT molecular complexity index is 569. The van der Waals surface area contributed by atoms with Crippen LogP contribution < -0.4 is 5.32 Å². The first-order chi connectivity index (χ1) is 10.6. The zero-order valence-electron chi connectivity index (χ0n) is 12.1. The molecule has 4 atom stereocenters. The van der Waals surface area contributed by atoms with Gasteiger partial charge in [-0.1, -0.05) is 0 Å². The van der Waals surface area contributed by atoms with Gasteiger partial charge in [0.15, 0.2) is 11.6 Å². The van der Waals surface area contributed by atoms with Gasteiger partial charge in [-0.2, -0.15) is 0 Å². The highest BCUT2D eigenvalue weighted by atomic mass is 32.2. The molecule has 2 fully saturated rings. The molecule has 3 nitrogen and oxygen atoms in total. The first kappa shape index (κ1) is 15.7. The average Bonchev–Trinajstić information content (AvgIpc) is 3.09. The molecule has 6 heteroatoms. The Balaban J connectivity index is 1.53. The molecule has 120 valence electrons. The summed E-state index contributed by atoms with van der Waals surface area (Å²) in [4.78, 5) is 12.6. The van der Waals surface area contributed by atoms with Crippen LogP contribution in [-0.4, -0.2) is 29.4 Å². The molecule has 0 aromatic heterocycles. The number of carbonyl (C=O) groups excluding carboxylic acids is 1. The van der Waals surface area contributed by atoms with Crippen LogP contribution in [0.4, 0.5) is 8.78 Å². The zero-order valence-corrected chi connectivity index (χ0v) is 12.9. The van der Waals surface area contributed by atoms with E-state index in [1.54, 1.807) is 0 Å². The molecule has 0 spiro atoms. The van der Waals surface area contributed by atoms with Crippen molar-refractivity contribution in [3.63, 3.8) is 0 Å². The predicted octanol–water partition coefficient (Wildman–Crippen LogP) is 2.58. The summed E-state index contributed by atoms with van der Waals surface area (Å²) in [6.07, 6.45) is 3.35. The van der Waals surface area contributed by atoms with Crippen molar-refractivity contribution >= 4 is 17.7 Å². The number of fused-ring (bicyclic) bond motifs is 2. The van der Waals surface area contributed by atoms with Gasteiger partial charge in [-0.25, -0.2) is 8.78 Å². The second kappa shape index (κ2) is 6.54. The molecule has 2 saturated carbocycles. The van der Waals surface area contributed by atoms with Gasteiger partial charge in [-0.15, -0.1) is 11.8 Å². The Morgan fingerprint density at radius 2 is 2.05 bits per heavy atom. The summed E-state index contributed by atoms with van der Waals surface area (Å²) in [5, 5.41) is 12.5. The van der Waals surface area contributed by atoms with E-state index in [9.17, 15) is 18.7 Å². The first-order valence-electron chi connectivity index (χ1n) is 7.56. The maximum Gasteiger partial charge on any atom is 0.230 e. The lowest BCUT2D eigenvalue weighted by atomic mass is 9.85. The monoisotopic (exact) mass is 327 g/mol. The fourth-order valence-corrected chi connectivity index (χ4v) is 4.57. The van der Waals surface area contributed by atoms with Crippen LogP contribution in [0.3, 0.4) is 0 Å². The van der Waals surface area contributed by atoms with Crippen molar-refractivity contribution in [2.75, 3.05) is 12.4 Å². The second-order valence-corrected chi connectivity index (χ2v) is 7.19. The van der Waals surface area contributed by atoms with E-state index >= 15 is 0 Å². The van der Waals surface area contributed by atoms with Gasteiger partial charge in [0, 0.05) is 23.5 Å². The van der Waals surface area contributed by atoms with Gasteiger partial charge >= 0.3 is 0 Å². The summed E-state index contributed by atoms with van der Waals surface area (Å²) in [7, 11) is 0. The molecule has 2 aliphatic carbocycles. The van der Waals surface area contributed by atoms with Gasteiger partial charge in [0.05, 0.1) is 5.75 Å². The van der Waals surface area contributed by atoms with E-state index in [1.165, 1.54) is 17.8 Å². The van der Waals surface area contributed by atoms with Crippen molar-refractivity contribution in [1.29, 1.82) is 0 Å². The Hall–Kier alpha value is -1.14. The van der Waals surface area contributed by atoms with Crippen LogP contribution in [-0.2, 0) is 4.79 Å².